The van der Waals surface area contributed by atoms with Crippen molar-refractivity contribution in [3.8, 4) is 11.3 Å². The van der Waals surface area contributed by atoms with Crippen LogP contribution in [0.3, 0.4) is 0 Å². The predicted molar refractivity (Wildman–Crippen MR) is 120 cm³/mol. The van der Waals surface area contributed by atoms with E-state index < -0.39 is 0 Å². The molecule has 7 aromatic rings. The number of hydrogen-bond acceptors (Lipinski definition) is 7. The highest BCUT2D eigenvalue weighted by Gasteiger charge is 2.11. The Morgan fingerprint density at radius 1 is 0.594 bits per heavy atom. The van der Waals surface area contributed by atoms with E-state index in [1.807, 2.05) is 78.9 Å². The van der Waals surface area contributed by atoms with E-state index in [1.165, 1.54) is 0 Å². The van der Waals surface area contributed by atoms with Crippen LogP contribution in [-0.2, 0) is 0 Å². The number of para-hydroxylation sites is 2. The highest BCUT2D eigenvalue weighted by Crippen LogP contribution is 2.26. The molecule has 0 fully saturated rings. The molecule has 0 unspecified atom stereocenters. The Labute approximate surface area is 180 Å². The SMILES string of the molecule is c1ccc(-c2cc3ccccc3n3nnnc23)nc1.c1ccc2c(c1)ccc1nnnn12. The average molecular weight is 417 g/mol. The summed E-state index contributed by atoms with van der Waals surface area (Å²) in [7, 11) is 0. The van der Waals surface area contributed by atoms with Crippen LogP contribution in [0.5, 0.6) is 0 Å². The Bertz CT molecular complexity index is 1690. The third-order valence-corrected chi connectivity index (χ3v) is 5.19. The Balaban J connectivity index is 0.000000131. The summed E-state index contributed by atoms with van der Waals surface area (Å²) in [4.78, 5) is 4.38. The number of hydrogen-bond donors (Lipinski definition) is 0. The van der Waals surface area contributed by atoms with Crippen LogP contribution in [0.15, 0.2) is 91.1 Å². The lowest BCUT2D eigenvalue weighted by Gasteiger charge is -2.05. The van der Waals surface area contributed by atoms with E-state index in [-0.39, 0.29) is 0 Å². The molecule has 5 heterocycles. The van der Waals surface area contributed by atoms with Gasteiger partial charge in [-0.05, 0) is 63.3 Å². The molecule has 0 amide bonds. The maximum atomic E-state index is 4.38. The molecule has 0 saturated carbocycles. The van der Waals surface area contributed by atoms with Crippen LogP contribution in [0.2, 0.25) is 0 Å². The molecule has 5 aromatic heterocycles. The van der Waals surface area contributed by atoms with Crippen molar-refractivity contribution in [3.63, 3.8) is 0 Å². The molecule has 2 aromatic carbocycles. The van der Waals surface area contributed by atoms with Gasteiger partial charge in [0.25, 0.3) is 0 Å². The fourth-order valence-corrected chi connectivity index (χ4v) is 3.71. The zero-order chi connectivity index (χ0) is 21.3. The molecule has 0 bridgehead atoms. The second kappa shape index (κ2) is 7.47. The standard InChI is InChI=1S/C14H9N5.C9H6N4/c1-2-7-13-10(5-1)9-11(12-6-3-4-8-15-12)14-16-17-18-19(13)14;1-2-4-8-7(3-1)5-6-9-10-11-12-13(8)9/h1-9H;1-6H. The number of nitrogens with zero attached hydrogens (tertiary/aromatic N) is 9. The lowest BCUT2D eigenvalue weighted by Crippen LogP contribution is -1.94. The topological polar surface area (TPSA) is 99.0 Å². The van der Waals surface area contributed by atoms with E-state index in [4.69, 9.17) is 0 Å². The van der Waals surface area contributed by atoms with Crippen LogP contribution < -0.4 is 0 Å². The quantitative estimate of drug-likeness (QED) is 0.402. The summed E-state index contributed by atoms with van der Waals surface area (Å²) in [5, 5.41) is 25.6. The molecule has 0 N–H and O–H groups in total. The molecule has 0 saturated heterocycles. The van der Waals surface area contributed by atoms with E-state index in [2.05, 4.69) is 42.1 Å². The number of fused-ring (bicyclic) bond motifs is 6. The number of aromatic nitrogens is 9. The van der Waals surface area contributed by atoms with Gasteiger partial charge in [0.15, 0.2) is 11.3 Å². The van der Waals surface area contributed by atoms with E-state index in [1.54, 1.807) is 15.2 Å². The van der Waals surface area contributed by atoms with Crippen LogP contribution in [-0.4, -0.2) is 45.1 Å². The molecule has 0 atom stereocenters. The van der Waals surface area contributed by atoms with E-state index in [9.17, 15) is 0 Å². The van der Waals surface area contributed by atoms with Gasteiger partial charge in [-0.25, -0.2) is 0 Å². The molecular weight excluding hydrogens is 402 g/mol. The van der Waals surface area contributed by atoms with E-state index in [0.29, 0.717) is 0 Å². The van der Waals surface area contributed by atoms with Gasteiger partial charge < -0.3 is 0 Å². The molecule has 152 valence electrons. The normalized spacial score (nSPS) is 11.1. The number of tetrazole rings is 2. The molecule has 0 aliphatic rings. The van der Waals surface area contributed by atoms with Gasteiger partial charge in [0, 0.05) is 22.5 Å². The average Bonchev–Trinajstić information content (AvgIpc) is 3.55. The molecule has 0 aliphatic heterocycles. The van der Waals surface area contributed by atoms with Gasteiger partial charge in [-0.2, -0.15) is 9.03 Å². The van der Waals surface area contributed by atoms with Gasteiger partial charge in [-0.1, -0.05) is 42.5 Å². The van der Waals surface area contributed by atoms with Crippen LogP contribution in [0.25, 0.3) is 44.4 Å². The summed E-state index contributed by atoms with van der Waals surface area (Å²) in [6, 6.07) is 27.8. The Kier molecular flexibility index (Phi) is 4.21. The zero-order valence-corrected chi connectivity index (χ0v) is 16.7. The van der Waals surface area contributed by atoms with Gasteiger partial charge in [0.05, 0.1) is 16.7 Å². The maximum absolute atomic E-state index is 4.38. The van der Waals surface area contributed by atoms with Crippen LogP contribution >= 0.6 is 0 Å². The third kappa shape index (κ3) is 3.00. The maximum Gasteiger partial charge on any atom is 0.189 e. The minimum absolute atomic E-state index is 0.720. The second-order valence-corrected chi connectivity index (χ2v) is 7.09. The van der Waals surface area contributed by atoms with Crippen molar-refractivity contribution in [2.45, 2.75) is 0 Å². The van der Waals surface area contributed by atoms with Crippen LogP contribution in [0, 0.1) is 0 Å². The highest BCUT2D eigenvalue weighted by molar-refractivity contribution is 5.90. The molecule has 7 rings (SSSR count). The first-order chi connectivity index (χ1) is 15.9. The van der Waals surface area contributed by atoms with Crippen molar-refractivity contribution in [2.24, 2.45) is 0 Å². The van der Waals surface area contributed by atoms with Gasteiger partial charge in [0.1, 0.15) is 0 Å². The molecule has 9 nitrogen and oxygen atoms in total. The first-order valence-corrected chi connectivity index (χ1v) is 9.95. The molecule has 32 heavy (non-hydrogen) atoms. The summed E-state index contributed by atoms with van der Waals surface area (Å²) < 4.78 is 3.48. The van der Waals surface area contributed by atoms with E-state index in [0.717, 1.165) is 44.4 Å². The molecule has 0 aliphatic carbocycles. The Morgan fingerprint density at radius 2 is 1.31 bits per heavy atom. The van der Waals surface area contributed by atoms with E-state index >= 15 is 0 Å². The zero-order valence-electron chi connectivity index (χ0n) is 16.7. The Morgan fingerprint density at radius 3 is 2.16 bits per heavy atom. The Hall–Kier alpha value is -4.79. The van der Waals surface area contributed by atoms with Crippen molar-refractivity contribution in [2.75, 3.05) is 0 Å². The van der Waals surface area contributed by atoms with Gasteiger partial charge in [-0.15, -0.1) is 10.2 Å². The minimum atomic E-state index is 0.720. The lowest BCUT2D eigenvalue weighted by molar-refractivity contribution is 0.841. The summed E-state index contributed by atoms with van der Waals surface area (Å²) in [5.74, 6) is 0. The summed E-state index contributed by atoms with van der Waals surface area (Å²) in [6.07, 6.45) is 1.77. The summed E-state index contributed by atoms with van der Waals surface area (Å²) in [5.41, 5.74) is 5.32. The largest absolute Gasteiger partial charge is 0.256 e. The third-order valence-electron chi connectivity index (χ3n) is 5.19. The van der Waals surface area contributed by atoms with Crippen molar-refractivity contribution in [1.29, 1.82) is 0 Å². The van der Waals surface area contributed by atoms with Gasteiger partial charge in [0.2, 0.25) is 0 Å². The highest BCUT2D eigenvalue weighted by atomic mass is 15.5. The van der Waals surface area contributed by atoms with Crippen LogP contribution in [0.1, 0.15) is 0 Å². The fourth-order valence-electron chi connectivity index (χ4n) is 3.71. The monoisotopic (exact) mass is 417 g/mol. The van der Waals surface area contributed by atoms with Crippen molar-refractivity contribution >= 4 is 33.1 Å². The number of rotatable bonds is 1. The molecule has 0 radical (unpaired) electrons. The smallest absolute Gasteiger partial charge is 0.189 e. The number of benzene rings is 2. The molecular formula is C23H15N9. The van der Waals surface area contributed by atoms with Gasteiger partial charge >= 0.3 is 0 Å². The second-order valence-electron chi connectivity index (χ2n) is 7.09. The fraction of sp³-hybridized carbons (Fsp3) is 0. The minimum Gasteiger partial charge on any atom is -0.256 e. The first-order valence-electron chi connectivity index (χ1n) is 9.95. The predicted octanol–water partition coefficient (Wildman–Crippen LogP) is 3.62. The molecule has 9 heteroatoms. The van der Waals surface area contributed by atoms with Crippen LogP contribution in [0.4, 0.5) is 0 Å². The lowest BCUT2D eigenvalue weighted by atomic mass is 10.1. The number of pyridine rings is 3. The summed E-state index contributed by atoms with van der Waals surface area (Å²) in [6.45, 7) is 0. The van der Waals surface area contributed by atoms with Crippen molar-refractivity contribution in [3.05, 3.63) is 91.1 Å². The molecule has 0 spiro atoms. The summed E-state index contributed by atoms with van der Waals surface area (Å²) >= 11 is 0. The van der Waals surface area contributed by atoms with Crippen molar-refractivity contribution < 1.29 is 0 Å². The van der Waals surface area contributed by atoms with Crippen molar-refractivity contribution in [1.82, 2.24) is 45.1 Å². The van der Waals surface area contributed by atoms with Gasteiger partial charge in [-0.3, -0.25) is 4.98 Å². The first kappa shape index (κ1) is 18.0.